The summed E-state index contributed by atoms with van der Waals surface area (Å²) in [7, 11) is 0. The molecule has 5 nitrogen and oxygen atoms in total. The fourth-order valence-corrected chi connectivity index (χ4v) is 2.93. The largest absolute Gasteiger partial charge is 0.461 e. The summed E-state index contributed by atoms with van der Waals surface area (Å²) in [5.74, 6) is -2.06. The van der Waals surface area contributed by atoms with Crippen LogP contribution in [0, 0.1) is 31.4 Å². The molecule has 3 rings (SSSR count). The van der Waals surface area contributed by atoms with Gasteiger partial charge in [-0.15, -0.1) is 12.8 Å². The number of hydrogen-bond donors (Lipinski definition) is 3. The molecule has 0 aliphatic heterocycles. The summed E-state index contributed by atoms with van der Waals surface area (Å²) in [5, 5.41) is 9.46. The number of hydrogen-bond acceptors (Lipinski definition) is 3. The van der Waals surface area contributed by atoms with Crippen molar-refractivity contribution in [2.45, 2.75) is 43.8 Å². The predicted molar refractivity (Wildman–Crippen MR) is 143 cm³/mol. The Morgan fingerprint density at radius 3 is 1.72 bits per heavy atom. The lowest BCUT2D eigenvalue weighted by Gasteiger charge is -2.31. The van der Waals surface area contributed by atoms with Crippen molar-refractivity contribution in [3.05, 3.63) is 101 Å². The summed E-state index contributed by atoms with van der Waals surface area (Å²) in [6, 6.07) is 16.6. The Balaban J connectivity index is 0.000000725. The third kappa shape index (κ3) is 14.0. The average molecular weight is 679 g/mol. The Hall–Kier alpha value is -4.59. The van der Waals surface area contributed by atoms with E-state index in [2.05, 4.69) is 42.4 Å². The zero-order valence-electron chi connectivity index (χ0n) is 23.5. The molecule has 0 bridgehead atoms. The summed E-state index contributed by atoms with van der Waals surface area (Å²) >= 11 is 0. The number of aryl methyl sites for hydroxylation is 1. The van der Waals surface area contributed by atoms with E-state index in [1.54, 1.807) is 0 Å². The van der Waals surface area contributed by atoms with E-state index < -0.39 is 60.4 Å². The maximum absolute atomic E-state index is 13.4. The van der Waals surface area contributed by atoms with Crippen molar-refractivity contribution in [1.82, 2.24) is 5.32 Å². The number of urea groups is 1. The molecular formula is C29H26F12N2O3. The van der Waals surface area contributed by atoms with Gasteiger partial charge in [0, 0.05) is 6.07 Å². The Morgan fingerprint density at radius 2 is 1.33 bits per heavy atom. The molecule has 17 heteroatoms. The molecule has 254 valence electrons. The molecule has 0 fully saturated rings. The third-order valence-corrected chi connectivity index (χ3v) is 5.16. The van der Waals surface area contributed by atoms with Crippen LogP contribution < -0.4 is 15.8 Å². The summed E-state index contributed by atoms with van der Waals surface area (Å²) in [5.41, 5.74) is 1.43. The number of ether oxygens (including phenoxy) is 1. The first kappa shape index (κ1) is 41.4. The molecule has 0 spiro atoms. The van der Waals surface area contributed by atoms with E-state index in [-0.39, 0.29) is 12.0 Å². The number of alkyl halides is 10. The van der Waals surface area contributed by atoms with Gasteiger partial charge in [0.25, 0.3) is 5.60 Å². The van der Waals surface area contributed by atoms with Crippen LogP contribution in [-0.4, -0.2) is 48.2 Å². The summed E-state index contributed by atoms with van der Waals surface area (Å²) in [4.78, 5) is 9.97. The van der Waals surface area contributed by atoms with Gasteiger partial charge in [0.05, 0.1) is 6.54 Å². The molecule has 0 atom stereocenters. The number of halogens is 12. The quantitative estimate of drug-likeness (QED) is 0.178. The van der Waals surface area contributed by atoms with Crippen molar-refractivity contribution in [3.63, 3.8) is 0 Å². The zero-order valence-corrected chi connectivity index (χ0v) is 23.5. The van der Waals surface area contributed by atoms with Crippen molar-refractivity contribution in [3.8, 4) is 18.6 Å². The second-order valence-corrected chi connectivity index (χ2v) is 8.79. The molecule has 0 aliphatic carbocycles. The zero-order chi connectivity index (χ0) is 35.9. The number of primary amides is 1. The Labute approximate surface area is 255 Å². The highest BCUT2D eigenvalue weighted by atomic mass is 19.4. The van der Waals surface area contributed by atoms with Crippen LogP contribution in [0.1, 0.15) is 16.7 Å². The fourth-order valence-electron chi connectivity index (χ4n) is 2.93. The van der Waals surface area contributed by atoms with Crippen molar-refractivity contribution in [2.24, 2.45) is 5.73 Å². The van der Waals surface area contributed by atoms with Crippen molar-refractivity contribution < 1.29 is 67.3 Å². The number of nitrogens with one attached hydrogen (secondary N) is 1. The van der Waals surface area contributed by atoms with Gasteiger partial charge in [-0.05, 0) is 48.7 Å². The molecule has 0 radical (unpaired) electrons. The molecule has 3 aromatic carbocycles. The maximum Gasteiger partial charge on any atom is 0.461 e. The van der Waals surface area contributed by atoms with Crippen LogP contribution in [-0.2, 0) is 6.42 Å². The molecule has 3 aromatic rings. The van der Waals surface area contributed by atoms with Gasteiger partial charge < -0.3 is 20.9 Å². The van der Waals surface area contributed by atoms with Crippen molar-refractivity contribution in [1.29, 1.82) is 0 Å². The maximum atomic E-state index is 13.4. The van der Waals surface area contributed by atoms with Crippen molar-refractivity contribution in [2.75, 3.05) is 6.54 Å². The Bertz CT molecular complexity index is 1350. The van der Waals surface area contributed by atoms with Gasteiger partial charge in [0.2, 0.25) is 0 Å². The van der Waals surface area contributed by atoms with E-state index in [1.165, 1.54) is 29.8 Å². The van der Waals surface area contributed by atoms with Gasteiger partial charge in [-0.25, -0.2) is 13.6 Å². The van der Waals surface area contributed by atoms with E-state index in [9.17, 15) is 57.5 Å². The first-order chi connectivity index (χ1) is 21.1. The normalized spacial score (nSPS) is 11.5. The van der Waals surface area contributed by atoms with Crippen LogP contribution in [0.25, 0.3) is 0 Å². The monoisotopic (exact) mass is 678 g/mol. The number of benzene rings is 3. The standard InChI is InChI=1S/C15H10F6O.C7H8.C5H6F6N2O2.C2H2/c16-11-3-1-9(2-4-11)5-10-6-12(17)8-13(7-10)22-15(20,21)14(18)19;1-7-5-3-2-4-6-7;6-4(7,8)3(15,5(9,10)11)1-13-2(12)14;1-2/h1-4,6-8,14H,5H2;2-6H,1H3;15H,1H2,(H3,12,13,14);1-2H. The highest BCUT2D eigenvalue weighted by Gasteiger charge is 2.70. The minimum Gasteiger partial charge on any atom is -0.428 e. The van der Waals surface area contributed by atoms with Gasteiger partial charge in [-0.2, -0.15) is 43.9 Å². The van der Waals surface area contributed by atoms with Gasteiger partial charge in [0.15, 0.2) is 0 Å². The number of aliphatic hydroxyl groups is 1. The fraction of sp³-hybridized carbons (Fsp3) is 0.276. The SMILES string of the molecule is C#C.Cc1ccccc1.Fc1ccc(Cc2cc(F)cc(OC(F)(F)C(F)F)c2)cc1.NC(=O)NCC(O)(C(F)(F)F)C(F)(F)F. The smallest absolute Gasteiger partial charge is 0.428 e. The highest BCUT2D eigenvalue weighted by molar-refractivity contribution is 5.71. The Morgan fingerprint density at radius 1 is 0.826 bits per heavy atom. The topological polar surface area (TPSA) is 84.6 Å². The molecular weight excluding hydrogens is 652 g/mol. The number of nitrogens with two attached hydrogens (primary N) is 1. The number of rotatable bonds is 7. The summed E-state index contributed by atoms with van der Waals surface area (Å²) in [6.07, 6.45) is -12.6. The second kappa shape index (κ2) is 17.8. The number of terminal acetylenes is 1. The molecule has 0 saturated heterocycles. The molecule has 0 aromatic heterocycles. The van der Waals surface area contributed by atoms with E-state index >= 15 is 0 Å². The van der Waals surface area contributed by atoms with Gasteiger partial charge >= 0.3 is 30.9 Å². The van der Waals surface area contributed by atoms with Gasteiger partial charge in [-0.3, -0.25) is 0 Å². The average Bonchev–Trinajstić information content (AvgIpc) is 2.93. The highest BCUT2D eigenvalue weighted by Crippen LogP contribution is 2.42. The van der Waals surface area contributed by atoms with E-state index in [4.69, 9.17) is 5.11 Å². The van der Waals surface area contributed by atoms with Crippen LogP contribution in [0.5, 0.6) is 5.75 Å². The number of carbonyl (C=O) groups excluding carboxylic acids is 1. The van der Waals surface area contributed by atoms with Crippen LogP contribution in [0.15, 0.2) is 72.8 Å². The van der Waals surface area contributed by atoms with E-state index in [1.807, 2.05) is 18.2 Å². The van der Waals surface area contributed by atoms with Gasteiger partial charge in [0.1, 0.15) is 17.4 Å². The summed E-state index contributed by atoms with van der Waals surface area (Å²) < 4.78 is 151. The second-order valence-electron chi connectivity index (χ2n) is 8.79. The number of amides is 2. The first-order valence-electron chi connectivity index (χ1n) is 12.2. The lowest BCUT2D eigenvalue weighted by atomic mass is 10.0. The Kier molecular flexibility index (Phi) is 16.0. The molecule has 0 aliphatic rings. The van der Waals surface area contributed by atoms with Crippen LogP contribution >= 0.6 is 0 Å². The first-order valence-corrected chi connectivity index (χ1v) is 12.2. The van der Waals surface area contributed by atoms with E-state index in [0.717, 1.165) is 17.4 Å². The molecule has 4 N–H and O–H groups in total. The minimum atomic E-state index is -5.96. The van der Waals surface area contributed by atoms with Crippen LogP contribution in [0.2, 0.25) is 0 Å². The number of carbonyl (C=O) groups is 1. The molecule has 0 heterocycles. The predicted octanol–water partition coefficient (Wildman–Crippen LogP) is 7.55. The van der Waals surface area contributed by atoms with Crippen LogP contribution in [0.4, 0.5) is 57.5 Å². The lowest BCUT2D eigenvalue weighted by molar-refractivity contribution is -0.364. The molecule has 46 heavy (non-hydrogen) atoms. The minimum absolute atomic E-state index is 0.106. The molecule has 2 amide bonds. The van der Waals surface area contributed by atoms with Crippen LogP contribution in [0.3, 0.4) is 0 Å². The van der Waals surface area contributed by atoms with E-state index in [0.29, 0.717) is 11.6 Å². The molecule has 0 saturated carbocycles. The van der Waals surface area contributed by atoms with Crippen molar-refractivity contribution >= 4 is 6.03 Å². The summed E-state index contributed by atoms with van der Waals surface area (Å²) in [6.45, 7) is -0.00463. The lowest BCUT2D eigenvalue weighted by Crippen LogP contribution is -2.63. The third-order valence-electron chi connectivity index (χ3n) is 5.16. The molecule has 0 unspecified atom stereocenters. The van der Waals surface area contributed by atoms with Gasteiger partial charge in [-0.1, -0.05) is 48.0 Å².